The van der Waals surface area contributed by atoms with Crippen LogP contribution in [0.2, 0.25) is 0 Å². The van der Waals surface area contributed by atoms with Gasteiger partial charge in [0, 0.05) is 18.2 Å². The van der Waals surface area contributed by atoms with E-state index in [-0.39, 0.29) is 30.1 Å². The number of aromatic nitrogens is 1. The summed E-state index contributed by atoms with van der Waals surface area (Å²) in [6, 6.07) is 12.9. The van der Waals surface area contributed by atoms with Crippen molar-refractivity contribution in [1.82, 2.24) is 15.0 Å². The minimum absolute atomic E-state index is 0.161. The van der Waals surface area contributed by atoms with Crippen molar-refractivity contribution in [2.24, 2.45) is 0 Å². The number of sulfonamides is 1. The number of amides is 1. The molecule has 0 radical (unpaired) electrons. The van der Waals surface area contributed by atoms with Gasteiger partial charge in [-0.1, -0.05) is 24.3 Å². The molecule has 0 bridgehead atoms. The molecule has 0 aliphatic carbocycles. The first-order chi connectivity index (χ1) is 14.6. The van der Waals surface area contributed by atoms with Gasteiger partial charge < -0.3 is 5.32 Å². The van der Waals surface area contributed by atoms with Crippen molar-refractivity contribution in [3.63, 3.8) is 0 Å². The Morgan fingerprint density at radius 2 is 1.74 bits per heavy atom. The monoisotopic (exact) mass is 461 g/mol. The zero-order chi connectivity index (χ0) is 22.6. The summed E-state index contributed by atoms with van der Waals surface area (Å²) in [5.41, 5.74) is 2.68. The first kappa shape index (κ1) is 23.1. The second-order valence-electron chi connectivity index (χ2n) is 7.42. The van der Waals surface area contributed by atoms with Crippen LogP contribution in [0.3, 0.4) is 0 Å². The molecule has 9 heteroatoms. The molecular formula is C22H24FN3O3S2. The summed E-state index contributed by atoms with van der Waals surface area (Å²) in [5.74, 6) is -0.786. The first-order valence-corrected chi connectivity index (χ1v) is 12.2. The lowest BCUT2D eigenvalue weighted by atomic mass is 10.1. The van der Waals surface area contributed by atoms with Crippen LogP contribution in [0.15, 0.2) is 48.5 Å². The van der Waals surface area contributed by atoms with Crippen molar-refractivity contribution in [2.45, 2.75) is 39.1 Å². The fourth-order valence-electron chi connectivity index (χ4n) is 3.06. The topological polar surface area (TPSA) is 88.2 Å². The Hall–Kier alpha value is -2.62. The van der Waals surface area contributed by atoms with E-state index >= 15 is 0 Å². The van der Waals surface area contributed by atoms with E-state index < -0.39 is 10.0 Å². The number of carbonyl (C=O) groups is 1. The normalized spacial score (nSPS) is 11.6. The van der Waals surface area contributed by atoms with Crippen molar-refractivity contribution in [1.29, 1.82) is 0 Å². The van der Waals surface area contributed by atoms with E-state index in [1.807, 2.05) is 0 Å². The SMILES string of the molecule is Cc1nc(-c2ccc(F)cc2)sc1C(=O)NCc1ccccc1CS(=O)(=O)NC(C)C. The average Bonchev–Trinajstić information content (AvgIpc) is 3.08. The molecule has 0 atom stereocenters. The molecule has 0 aliphatic heterocycles. The first-order valence-electron chi connectivity index (χ1n) is 9.73. The fourth-order valence-corrected chi connectivity index (χ4v) is 5.54. The zero-order valence-corrected chi connectivity index (χ0v) is 19.1. The number of benzene rings is 2. The molecule has 31 heavy (non-hydrogen) atoms. The smallest absolute Gasteiger partial charge is 0.263 e. The van der Waals surface area contributed by atoms with Gasteiger partial charge in [0.1, 0.15) is 15.7 Å². The van der Waals surface area contributed by atoms with Crippen molar-refractivity contribution in [3.8, 4) is 10.6 Å². The number of halogens is 1. The number of aryl methyl sites for hydroxylation is 1. The molecule has 0 fully saturated rings. The van der Waals surface area contributed by atoms with E-state index in [0.29, 0.717) is 21.1 Å². The number of thiazole rings is 1. The molecule has 0 aliphatic rings. The third-order valence-electron chi connectivity index (χ3n) is 4.41. The van der Waals surface area contributed by atoms with Crippen LogP contribution >= 0.6 is 11.3 Å². The predicted octanol–water partition coefficient (Wildman–Crippen LogP) is 4.02. The Balaban J connectivity index is 1.73. The van der Waals surface area contributed by atoms with Crippen LogP contribution in [0.4, 0.5) is 4.39 Å². The fraction of sp³-hybridized carbons (Fsp3) is 0.273. The minimum atomic E-state index is -3.48. The maximum Gasteiger partial charge on any atom is 0.263 e. The summed E-state index contributed by atoms with van der Waals surface area (Å²) in [5, 5.41) is 3.49. The van der Waals surface area contributed by atoms with E-state index in [9.17, 15) is 17.6 Å². The second-order valence-corrected chi connectivity index (χ2v) is 10.2. The third-order valence-corrected chi connectivity index (χ3v) is 7.14. The molecule has 164 valence electrons. The number of hydrogen-bond acceptors (Lipinski definition) is 5. The second kappa shape index (κ2) is 9.67. The summed E-state index contributed by atoms with van der Waals surface area (Å²) in [4.78, 5) is 17.6. The van der Waals surface area contributed by atoms with Gasteiger partial charge in [-0.3, -0.25) is 4.79 Å². The highest BCUT2D eigenvalue weighted by molar-refractivity contribution is 7.88. The number of nitrogens with one attached hydrogen (secondary N) is 2. The van der Waals surface area contributed by atoms with E-state index in [1.165, 1.54) is 23.5 Å². The van der Waals surface area contributed by atoms with Gasteiger partial charge >= 0.3 is 0 Å². The highest BCUT2D eigenvalue weighted by atomic mass is 32.2. The minimum Gasteiger partial charge on any atom is -0.347 e. The molecule has 3 aromatic rings. The summed E-state index contributed by atoms with van der Waals surface area (Å²) in [6.07, 6.45) is 0. The molecule has 2 aromatic carbocycles. The number of carbonyl (C=O) groups excluding carboxylic acids is 1. The van der Waals surface area contributed by atoms with Gasteiger partial charge in [-0.2, -0.15) is 0 Å². The largest absolute Gasteiger partial charge is 0.347 e. The van der Waals surface area contributed by atoms with Gasteiger partial charge in [-0.15, -0.1) is 11.3 Å². The van der Waals surface area contributed by atoms with Crippen LogP contribution in [0.1, 0.15) is 40.3 Å². The molecule has 6 nitrogen and oxygen atoms in total. The molecule has 1 heterocycles. The summed E-state index contributed by atoms with van der Waals surface area (Å²) < 4.78 is 40.3. The maximum absolute atomic E-state index is 13.2. The van der Waals surface area contributed by atoms with Crippen molar-refractivity contribution < 1.29 is 17.6 Å². The van der Waals surface area contributed by atoms with Crippen LogP contribution in [0.25, 0.3) is 10.6 Å². The van der Waals surface area contributed by atoms with Crippen LogP contribution < -0.4 is 10.0 Å². The Kier molecular flexibility index (Phi) is 7.19. The number of hydrogen-bond donors (Lipinski definition) is 2. The van der Waals surface area contributed by atoms with Crippen LogP contribution in [-0.2, 0) is 22.3 Å². The standard InChI is InChI=1S/C22H24FN3O3S2/c1-14(2)26-31(28,29)13-18-7-5-4-6-17(18)12-24-21(27)20-15(3)25-22(30-20)16-8-10-19(23)11-9-16/h4-11,14,26H,12-13H2,1-3H3,(H,24,27). The van der Waals surface area contributed by atoms with E-state index in [2.05, 4.69) is 15.0 Å². The molecule has 0 saturated heterocycles. The summed E-state index contributed by atoms with van der Waals surface area (Å²) in [7, 11) is -3.48. The van der Waals surface area contributed by atoms with Gasteiger partial charge in [0.05, 0.1) is 11.4 Å². The van der Waals surface area contributed by atoms with E-state index in [0.717, 1.165) is 11.1 Å². The van der Waals surface area contributed by atoms with Crippen molar-refractivity contribution >= 4 is 27.3 Å². The number of rotatable bonds is 8. The molecule has 1 amide bonds. The van der Waals surface area contributed by atoms with Crippen LogP contribution in [0.5, 0.6) is 0 Å². The average molecular weight is 462 g/mol. The summed E-state index contributed by atoms with van der Waals surface area (Å²) >= 11 is 1.23. The van der Waals surface area contributed by atoms with Crippen molar-refractivity contribution in [3.05, 3.63) is 76.0 Å². The lowest BCUT2D eigenvalue weighted by Gasteiger charge is -2.13. The molecule has 3 rings (SSSR count). The summed E-state index contributed by atoms with van der Waals surface area (Å²) in [6.45, 7) is 5.47. The Labute approximate surface area is 185 Å². The molecule has 1 aromatic heterocycles. The van der Waals surface area contributed by atoms with Gasteiger partial charge in [0.2, 0.25) is 10.0 Å². The highest BCUT2D eigenvalue weighted by Crippen LogP contribution is 2.28. The third kappa shape index (κ3) is 6.19. The highest BCUT2D eigenvalue weighted by Gasteiger charge is 2.18. The van der Waals surface area contributed by atoms with Crippen LogP contribution in [0, 0.1) is 12.7 Å². The quantitative estimate of drug-likeness (QED) is 0.530. The molecule has 0 unspecified atom stereocenters. The van der Waals surface area contributed by atoms with Gasteiger partial charge in [-0.25, -0.2) is 22.5 Å². The van der Waals surface area contributed by atoms with Crippen LogP contribution in [-0.4, -0.2) is 25.4 Å². The van der Waals surface area contributed by atoms with E-state index in [4.69, 9.17) is 0 Å². The van der Waals surface area contributed by atoms with Crippen molar-refractivity contribution in [2.75, 3.05) is 0 Å². The Morgan fingerprint density at radius 1 is 1.10 bits per heavy atom. The van der Waals surface area contributed by atoms with Gasteiger partial charge in [-0.05, 0) is 56.2 Å². The van der Waals surface area contributed by atoms with Gasteiger partial charge in [0.25, 0.3) is 5.91 Å². The zero-order valence-electron chi connectivity index (χ0n) is 17.5. The lowest BCUT2D eigenvalue weighted by molar-refractivity contribution is 0.0954. The number of nitrogens with zero attached hydrogens (tertiary/aromatic N) is 1. The Bertz CT molecular complexity index is 1170. The Morgan fingerprint density at radius 3 is 2.39 bits per heavy atom. The maximum atomic E-state index is 13.2. The molecule has 0 saturated carbocycles. The predicted molar refractivity (Wildman–Crippen MR) is 121 cm³/mol. The van der Waals surface area contributed by atoms with E-state index in [1.54, 1.807) is 57.2 Å². The molecular weight excluding hydrogens is 437 g/mol. The lowest BCUT2D eigenvalue weighted by Crippen LogP contribution is -2.31. The molecule has 0 spiro atoms. The molecule has 2 N–H and O–H groups in total. The van der Waals surface area contributed by atoms with Gasteiger partial charge in [0.15, 0.2) is 0 Å².